The molecule has 0 aliphatic rings. The Morgan fingerprint density at radius 1 is 1.44 bits per heavy atom. The number of nitrogens with zero attached hydrogens (tertiary/aromatic N) is 2. The van der Waals surface area contributed by atoms with E-state index in [1.165, 1.54) is 0 Å². The Balaban J connectivity index is 2.47. The van der Waals surface area contributed by atoms with E-state index in [2.05, 4.69) is 29.4 Å². The first-order valence-corrected chi connectivity index (χ1v) is 6.38. The highest BCUT2D eigenvalue weighted by molar-refractivity contribution is 6.29. The fourth-order valence-corrected chi connectivity index (χ4v) is 1.87. The van der Waals surface area contributed by atoms with Gasteiger partial charge in [0.2, 0.25) is 5.91 Å². The number of aromatic nitrogens is 2. The highest BCUT2D eigenvalue weighted by atomic mass is 35.5. The summed E-state index contributed by atoms with van der Waals surface area (Å²) in [6, 6.07) is 3.20. The molecule has 0 fully saturated rings. The number of carbonyl (C=O) groups is 1. The third-order valence-electron chi connectivity index (χ3n) is 2.51. The van der Waals surface area contributed by atoms with Crippen LogP contribution in [0.5, 0.6) is 0 Å². The van der Waals surface area contributed by atoms with Crippen molar-refractivity contribution in [2.24, 2.45) is 17.6 Å². The molecule has 0 spiro atoms. The van der Waals surface area contributed by atoms with E-state index in [0.717, 1.165) is 6.42 Å². The number of nitrogens with two attached hydrogens (primary N) is 1. The second-order valence-electron chi connectivity index (χ2n) is 4.72. The number of carbonyl (C=O) groups excluding carboxylic acids is 1. The summed E-state index contributed by atoms with van der Waals surface area (Å²) in [6.07, 6.45) is 1.34. The molecule has 1 rings (SSSR count). The molecule has 0 aliphatic carbocycles. The Morgan fingerprint density at radius 2 is 2.17 bits per heavy atom. The van der Waals surface area contributed by atoms with Gasteiger partial charge in [0.1, 0.15) is 0 Å². The van der Waals surface area contributed by atoms with Crippen LogP contribution >= 0.6 is 11.6 Å². The Hall–Kier alpha value is -1.20. The molecule has 6 heteroatoms. The maximum atomic E-state index is 11.8. The Bertz CT molecular complexity index is 380. The molecule has 1 aromatic rings. The highest BCUT2D eigenvalue weighted by Crippen LogP contribution is 2.15. The van der Waals surface area contributed by atoms with Gasteiger partial charge in [-0.15, -0.1) is 10.2 Å². The Labute approximate surface area is 112 Å². The zero-order valence-electron chi connectivity index (χ0n) is 10.7. The third-order valence-corrected chi connectivity index (χ3v) is 2.71. The van der Waals surface area contributed by atoms with Crippen LogP contribution in [-0.2, 0) is 4.79 Å². The van der Waals surface area contributed by atoms with E-state index in [4.69, 9.17) is 17.3 Å². The molecule has 0 saturated heterocycles. The molecule has 1 atom stereocenters. The van der Waals surface area contributed by atoms with E-state index in [1.807, 2.05) is 0 Å². The summed E-state index contributed by atoms with van der Waals surface area (Å²) in [6.45, 7) is 4.74. The van der Waals surface area contributed by atoms with Crippen molar-refractivity contribution in [2.75, 3.05) is 11.9 Å². The predicted molar refractivity (Wildman–Crippen MR) is 72.3 cm³/mol. The van der Waals surface area contributed by atoms with Gasteiger partial charge in [0.05, 0.1) is 0 Å². The summed E-state index contributed by atoms with van der Waals surface area (Å²) in [5.41, 5.74) is 5.66. The van der Waals surface area contributed by atoms with Gasteiger partial charge in [0, 0.05) is 6.42 Å². The number of rotatable bonds is 6. The van der Waals surface area contributed by atoms with Gasteiger partial charge in [-0.05, 0) is 36.9 Å². The molecule has 0 unspecified atom stereocenters. The van der Waals surface area contributed by atoms with E-state index in [1.54, 1.807) is 12.1 Å². The van der Waals surface area contributed by atoms with Crippen molar-refractivity contribution in [3.63, 3.8) is 0 Å². The van der Waals surface area contributed by atoms with E-state index in [9.17, 15) is 4.79 Å². The van der Waals surface area contributed by atoms with Crippen molar-refractivity contribution < 1.29 is 4.79 Å². The van der Waals surface area contributed by atoms with Gasteiger partial charge in [-0.1, -0.05) is 25.4 Å². The minimum Gasteiger partial charge on any atom is -0.330 e. The number of anilines is 1. The molecular weight excluding hydrogens is 252 g/mol. The van der Waals surface area contributed by atoms with Crippen molar-refractivity contribution in [1.29, 1.82) is 0 Å². The lowest BCUT2D eigenvalue weighted by molar-refractivity contribution is -0.117. The fourth-order valence-electron chi connectivity index (χ4n) is 1.77. The largest absolute Gasteiger partial charge is 0.330 e. The summed E-state index contributed by atoms with van der Waals surface area (Å²) in [5, 5.41) is 10.4. The summed E-state index contributed by atoms with van der Waals surface area (Å²) in [5.74, 6) is 1.04. The van der Waals surface area contributed by atoms with Gasteiger partial charge < -0.3 is 11.1 Å². The van der Waals surface area contributed by atoms with Crippen molar-refractivity contribution in [3.8, 4) is 0 Å². The van der Waals surface area contributed by atoms with Crippen LogP contribution in [-0.4, -0.2) is 22.6 Å². The van der Waals surface area contributed by atoms with Crippen LogP contribution in [0.4, 0.5) is 5.82 Å². The normalized spacial score (nSPS) is 12.5. The number of amides is 1. The Kier molecular flexibility index (Phi) is 6.01. The number of hydrogen-bond donors (Lipinski definition) is 2. The summed E-state index contributed by atoms with van der Waals surface area (Å²) in [7, 11) is 0. The predicted octanol–water partition coefficient (Wildman–Crippen LogP) is 2.08. The van der Waals surface area contributed by atoms with Gasteiger partial charge in [-0.25, -0.2) is 0 Å². The molecule has 1 heterocycles. The highest BCUT2D eigenvalue weighted by Gasteiger charge is 2.14. The van der Waals surface area contributed by atoms with Crippen LogP contribution in [0.2, 0.25) is 5.15 Å². The van der Waals surface area contributed by atoms with Crippen molar-refractivity contribution in [3.05, 3.63) is 17.3 Å². The molecule has 0 bridgehead atoms. The second-order valence-corrected chi connectivity index (χ2v) is 5.11. The van der Waals surface area contributed by atoms with Crippen LogP contribution in [0.25, 0.3) is 0 Å². The van der Waals surface area contributed by atoms with E-state index >= 15 is 0 Å². The molecule has 0 saturated carbocycles. The first kappa shape index (κ1) is 14.9. The van der Waals surface area contributed by atoms with Gasteiger partial charge in [-0.3, -0.25) is 4.79 Å². The number of nitrogens with one attached hydrogen (secondary N) is 1. The summed E-state index contributed by atoms with van der Waals surface area (Å²) < 4.78 is 0. The van der Waals surface area contributed by atoms with Crippen molar-refractivity contribution in [1.82, 2.24) is 10.2 Å². The third kappa shape index (κ3) is 5.42. The van der Waals surface area contributed by atoms with Gasteiger partial charge >= 0.3 is 0 Å². The van der Waals surface area contributed by atoms with Crippen molar-refractivity contribution in [2.45, 2.75) is 26.7 Å². The van der Waals surface area contributed by atoms with Gasteiger partial charge in [-0.2, -0.15) is 0 Å². The molecule has 3 N–H and O–H groups in total. The minimum atomic E-state index is -0.0947. The van der Waals surface area contributed by atoms with E-state index in [0.29, 0.717) is 29.9 Å². The maximum Gasteiger partial charge on any atom is 0.225 e. The van der Waals surface area contributed by atoms with Crippen LogP contribution < -0.4 is 11.1 Å². The fraction of sp³-hybridized carbons (Fsp3) is 0.583. The molecule has 1 aromatic heterocycles. The zero-order valence-corrected chi connectivity index (χ0v) is 11.4. The average molecular weight is 271 g/mol. The van der Waals surface area contributed by atoms with E-state index in [-0.39, 0.29) is 11.8 Å². The Morgan fingerprint density at radius 3 is 2.67 bits per heavy atom. The quantitative estimate of drug-likeness (QED) is 0.829. The molecule has 0 aliphatic heterocycles. The monoisotopic (exact) mass is 270 g/mol. The van der Waals surface area contributed by atoms with Crippen molar-refractivity contribution >= 4 is 23.3 Å². The number of hydrogen-bond acceptors (Lipinski definition) is 4. The van der Waals surface area contributed by atoms with Gasteiger partial charge in [0.25, 0.3) is 0 Å². The zero-order chi connectivity index (χ0) is 13.5. The maximum absolute atomic E-state index is 11.8. The van der Waals surface area contributed by atoms with Crippen LogP contribution in [0.1, 0.15) is 26.7 Å². The average Bonchev–Trinajstić information content (AvgIpc) is 2.30. The van der Waals surface area contributed by atoms with Crippen LogP contribution in [0.3, 0.4) is 0 Å². The lowest BCUT2D eigenvalue weighted by Crippen LogP contribution is -2.23. The van der Waals surface area contributed by atoms with Gasteiger partial charge in [0.15, 0.2) is 11.0 Å². The standard InChI is InChI=1S/C12H19ClN4O/c1-8(2)5-9(7-14)6-12(18)15-11-4-3-10(13)16-17-11/h3-4,8-9H,5-7,14H2,1-2H3,(H,15,17,18)/t9-/m0/s1. The molecule has 100 valence electrons. The lowest BCUT2D eigenvalue weighted by atomic mass is 9.94. The summed E-state index contributed by atoms with van der Waals surface area (Å²) >= 11 is 5.61. The molecule has 1 amide bonds. The molecule has 0 aromatic carbocycles. The first-order chi connectivity index (χ1) is 8.51. The SMILES string of the molecule is CC(C)C[C@H](CN)CC(=O)Nc1ccc(Cl)nn1. The lowest BCUT2D eigenvalue weighted by Gasteiger charge is -2.16. The second kappa shape index (κ2) is 7.28. The number of halogens is 1. The molecule has 18 heavy (non-hydrogen) atoms. The van der Waals surface area contributed by atoms with Crippen LogP contribution in [0.15, 0.2) is 12.1 Å². The molecule has 0 radical (unpaired) electrons. The first-order valence-electron chi connectivity index (χ1n) is 6.00. The smallest absolute Gasteiger partial charge is 0.225 e. The topological polar surface area (TPSA) is 80.9 Å². The van der Waals surface area contributed by atoms with E-state index < -0.39 is 0 Å². The molecule has 5 nitrogen and oxygen atoms in total. The van der Waals surface area contributed by atoms with Crippen LogP contribution in [0, 0.1) is 11.8 Å². The molecular formula is C12H19ClN4O. The minimum absolute atomic E-state index is 0.0947. The summed E-state index contributed by atoms with van der Waals surface area (Å²) in [4.78, 5) is 11.8.